The van der Waals surface area contributed by atoms with Gasteiger partial charge in [0.1, 0.15) is 0 Å². The van der Waals surface area contributed by atoms with Crippen molar-refractivity contribution in [2.24, 2.45) is 5.92 Å². The van der Waals surface area contributed by atoms with Crippen molar-refractivity contribution in [1.82, 2.24) is 9.55 Å². The van der Waals surface area contributed by atoms with E-state index in [-0.39, 0.29) is 17.8 Å². The fourth-order valence-electron chi connectivity index (χ4n) is 3.59. The summed E-state index contributed by atoms with van der Waals surface area (Å²) < 4.78 is 7.89. The van der Waals surface area contributed by atoms with E-state index in [4.69, 9.17) is 9.72 Å². The summed E-state index contributed by atoms with van der Waals surface area (Å²) in [6, 6.07) is 7.87. The average Bonchev–Trinajstić information content (AvgIpc) is 3.38. The lowest BCUT2D eigenvalue weighted by Gasteiger charge is -2.37. The summed E-state index contributed by atoms with van der Waals surface area (Å²) >= 11 is 0. The van der Waals surface area contributed by atoms with Crippen molar-refractivity contribution in [3.05, 3.63) is 34.6 Å². The number of benzene rings is 1. The third-order valence-corrected chi connectivity index (χ3v) is 4.88. The summed E-state index contributed by atoms with van der Waals surface area (Å²) in [6.07, 6.45) is 2.86. The van der Waals surface area contributed by atoms with Crippen molar-refractivity contribution in [2.45, 2.75) is 45.4 Å². The van der Waals surface area contributed by atoms with E-state index < -0.39 is 0 Å². The Labute approximate surface area is 135 Å². The summed E-state index contributed by atoms with van der Waals surface area (Å²) in [5.74, 6) is 1.24. The normalized spacial score (nSPS) is 25.0. The van der Waals surface area contributed by atoms with Crippen LogP contribution in [-0.4, -0.2) is 34.8 Å². The molecule has 1 aliphatic carbocycles. The Morgan fingerprint density at radius 1 is 1.26 bits per heavy atom. The molecule has 5 heteroatoms. The maximum atomic E-state index is 12.9. The van der Waals surface area contributed by atoms with Gasteiger partial charge in [-0.3, -0.25) is 4.79 Å². The first-order valence-electron chi connectivity index (χ1n) is 8.57. The molecular weight excluding hydrogens is 290 g/mol. The number of morpholine rings is 1. The fraction of sp³-hybridized carbons (Fsp3) is 0.556. The second-order valence-electron chi connectivity index (χ2n) is 6.70. The highest BCUT2D eigenvalue weighted by atomic mass is 16.5. The zero-order valence-corrected chi connectivity index (χ0v) is 13.7. The van der Waals surface area contributed by atoms with E-state index >= 15 is 0 Å². The van der Waals surface area contributed by atoms with E-state index in [1.165, 1.54) is 12.8 Å². The third-order valence-electron chi connectivity index (χ3n) is 4.88. The summed E-state index contributed by atoms with van der Waals surface area (Å²) in [4.78, 5) is 19.8. The maximum absolute atomic E-state index is 12.9. The Morgan fingerprint density at radius 3 is 2.78 bits per heavy atom. The number of hydrogen-bond acceptors (Lipinski definition) is 4. The second-order valence-corrected chi connectivity index (χ2v) is 6.70. The molecule has 0 radical (unpaired) electrons. The van der Waals surface area contributed by atoms with Crippen LogP contribution < -0.4 is 10.5 Å². The van der Waals surface area contributed by atoms with Gasteiger partial charge in [-0.2, -0.15) is 0 Å². The summed E-state index contributed by atoms with van der Waals surface area (Å²) in [6.45, 7) is 6.25. The number of ether oxygens (including phenoxy) is 1. The highest BCUT2D eigenvalue weighted by Crippen LogP contribution is 2.37. The molecule has 2 atom stereocenters. The van der Waals surface area contributed by atoms with Crippen molar-refractivity contribution >= 4 is 16.9 Å². The molecule has 1 saturated carbocycles. The third kappa shape index (κ3) is 2.63. The molecule has 2 heterocycles. The summed E-state index contributed by atoms with van der Waals surface area (Å²) in [7, 11) is 0. The molecule has 122 valence electrons. The van der Waals surface area contributed by atoms with E-state index in [0.29, 0.717) is 18.3 Å². The molecule has 0 bridgehead atoms. The van der Waals surface area contributed by atoms with Crippen molar-refractivity contribution in [3.8, 4) is 0 Å². The molecule has 1 aliphatic heterocycles. The second kappa shape index (κ2) is 5.64. The lowest BCUT2D eigenvalue weighted by atomic mass is 10.1. The predicted molar refractivity (Wildman–Crippen MR) is 90.9 cm³/mol. The molecule has 1 aromatic carbocycles. The van der Waals surface area contributed by atoms with Crippen molar-refractivity contribution in [2.75, 3.05) is 18.0 Å². The summed E-state index contributed by atoms with van der Waals surface area (Å²) in [5.41, 5.74) is 1.80. The van der Waals surface area contributed by atoms with Gasteiger partial charge in [-0.1, -0.05) is 12.1 Å². The van der Waals surface area contributed by atoms with E-state index in [9.17, 15) is 4.79 Å². The minimum Gasteiger partial charge on any atom is -0.371 e. The highest BCUT2D eigenvalue weighted by molar-refractivity contribution is 5.76. The molecule has 2 aliphatic rings. The number of anilines is 1. The van der Waals surface area contributed by atoms with E-state index in [1.54, 1.807) is 0 Å². The van der Waals surface area contributed by atoms with Crippen LogP contribution in [0.5, 0.6) is 0 Å². The van der Waals surface area contributed by atoms with Gasteiger partial charge in [-0.15, -0.1) is 0 Å². The lowest BCUT2D eigenvalue weighted by molar-refractivity contribution is -0.0274. The van der Waals surface area contributed by atoms with Crippen LogP contribution in [0.15, 0.2) is 29.1 Å². The van der Waals surface area contributed by atoms with E-state index in [1.807, 2.05) is 35.8 Å². The monoisotopic (exact) mass is 313 g/mol. The number of nitrogens with zero attached hydrogens (tertiary/aromatic N) is 3. The zero-order valence-electron chi connectivity index (χ0n) is 13.7. The van der Waals surface area contributed by atoms with Crippen LogP contribution in [-0.2, 0) is 11.3 Å². The molecule has 0 spiro atoms. The Hall–Kier alpha value is -1.88. The van der Waals surface area contributed by atoms with Gasteiger partial charge in [0.25, 0.3) is 5.56 Å². The standard InChI is InChI=1S/C18H23N3O2/c1-3-21-15-7-5-4-6-14(15)19-17(18(21)22)20-10-12(2)23-16(11-20)13-8-9-13/h4-7,12-13,16H,3,8-11H2,1-2H3/t12-,16-/m1/s1. The quantitative estimate of drug-likeness (QED) is 0.873. The van der Waals surface area contributed by atoms with Gasteiger partial charge in [0.2, 0.25) is 0 Å². The highest BCUT2D eigenvalue weighted by Gasteiger charge is 2.38. The van der Waals surface area contributed by atoms with Gasteiger partial charge >= 0.3 is 0 Å². The number of aryl methyl sites for hydroxylation is 1. The first-order valence-corrected chi connectivity index (χ1v) is 8.57. The topological polar surface area (TPSA) is 47.4 Å². The molecule has 0 unspecified atom stereocenters. The minimum absolute atomic E-state index is 0.00912. The van der Waals surface area contributed by atoms with Crippen LogP contribution in [0.2, 0.25) is 0 Å². The first kappa shape index (κ1) is 14.7. The lowest BCUT2D eigenvalue weighted by Crippen LogP contribution is -2.50. The predicted octanol–water partition coefficient (Wildman–Crippen LogP) is 2.42. The van der Waals surface area contributed by atoms with Gasteiger partial charge in [-0.25, -0.2) is 4.98 Å². The molecule has 2 aromatic rings. The van der Waals surface area contributed by atoms with Crippen molar-refractivity contribution in [1.29, 1.82) is 0 Å². The van der Waals surface area contributed by atoms with Crippen LogP contribution in [0.3, 0.4) is 0 Å². The van der Waals surface area contributed by atoms with Crippen LogP contribution >= 0.6 is 0 Å². The largest absolute Gasteiger partial charge is 0.371 e. The first-order chi connectivity index (χ1) is 11.2. The summed E-state index contributed by atoms with van der Waals surface area (Å²) in [5, 5.41) is 0. The molecular formula is C18H23N3O2. The number of aromatic nitrogens is 2. The Morgan fingerprint density at radius 2 is 2.04 bits per heavy atom. The Balaban J connectivity index is 1.78. The number of rotatable bonds is 3. The molecule has 4 rings (SSSR count). The molecule has 23 heavy (non-hydrogen) atoms. The molecule has 0 N–H and O–H groups in total. The Bertz CT molecular complexity index is 781. The van der Waals surface area contributed by atoms with E-state index in [0.717, 1.165) is 24.1 Å². The number of hydrogen-bond donors (Lipinski definition) is 0. The van der Waals surface area contributed by atoms with Crippen molar-refractivity contribution in [3.63, 3.8) is 0 Å². The zero-order chi connectivity index (χ0) is 16.0. The molecule has 1 aromatic heterocycles. The molecule has 5 nitrogen and oxygen atoms in total. The average molecular weight is 313 g/mol. The van der Waals surface area contributed by atoms with Crippen LogP contribution in [0.1, 0.15) is 26.7 Å². The SMILES string of the molecule is CCn1c(=O)c(N2C[C@@H](C)O[C@@H](C3CC3)C2)nc2ccccc21. The molecule has 0 amide bonds. The van der Waals surface area contributed by atoms with Gasteiger partial charge in [0.15, 0.2) is 5.82 Å². The van der Waals surface area contributed by atoms with Gasteiger partial charge < -0.3 is 14.2 Å². The van der Waals surface area contributed by atoms with Crippen molar-refractivity contribution < 1.29 is 4.74 Å². The van der Waals surface area contributed by atoms with Crippen LogP contribution in [0, 0.1) is 5.92 Å². The van der Waals surface area contributed by atoms with Gasteiger partial charge in [-0.05, 0) is 44.7 Å². The molecule has 1 saturated heterocycles. The fourth-order valence-corrected chi connectivity index (χ4v) is 3.59. The van der Waals surface area contributed by atoms with Gasteiger partial charge in [0.05, 0.1) is 23.2 Å². The smallest absolute Gasteiger partial charge is 0.293 e. The Kier molecular flexibility index (Phi) is 3.60. The van der Waals surface area contributed by atoms with Crippen LogP contribution in [0.25, 0.3) is 11.0 Å². The minimum atomic E-state index is 0.00912. The molecule has 2 fully saturated rings. The van der Waals surface area contributed by atoms with Crippen LogP contribution in [0.4, 0.5) is 5.82 Å². The number of para-hydroxylation sites is 2. The van der Waals surface area contributed by atoms with Gasteiger partial charge in [0, 0.05) is 19.6 Å². The number of fused-ring (bicyclic) bond motifs is 1. The van der Waals surface area contributed by atoms with E-state index in [2.05, 4.69) is 11.8 Å². The maximum Gasteiger partial charge on any atom is 0.293 e.